The third-order valence-electron chi connectivity index (χ3n) is 4.29. The van der Waals surface area contributed by atoms with Crippen molar-refractivity contribution in [1.82, 2.24) is 19.6 Å². The molecule has 0 radical (unpaired) electrons. The standard InChI is InChI=1S/C18H14ClFN4O2/c19-12-3-6-15-22-14(10-23(15)9-12)18(26)24-8-7-21-17(25)16(24)11-1-4-13(20)5-2-11/h1-6,9-10,16H,7-8H2,(H,21,25)/t16-/m0/s1. The molecule has 0 bridgehead atoms. The number of imidazole rings is 1. The van der Waals surface area contributed by atoms with E-state index in [9.17, 15) is 14.0 Å². The number of pyridine rings is 1. The first-order valence-corrected chi connectivity index (χ1v) is 8.39. The molecular weight excluding hydrogens is 359 g/mol. The number of nitrogens with one attached hydrogen (secondary N) is 1. The third kappa shape index (κ3) is 2.90. The zero-order valence-corrected chi connectivity index (χ0v) is 14.3. The first-order chi connectivity index (χ1) is 12.5. The largest absolute Gasteiger partial charge is 0.352 e. The smallest absolute Gasteiger partial charge is 0.275 e. The Balaban J connectivity index is 1.71. The fourth-order valence-electron chi connectivity index (χ4n) is 3.08. The summed E-state index contributed by atoms with van der Waals surface area (Å²) < 4.78 is 14.9. The zero-order valence-electron chi connectivity index (χ0n) is 13.5. The Bertz CT molecular complexity index is 1000. The van der Waals surface area contributed by atoms with E-state index < -0.39 is 11.9 Å². The van der Waals surface area contributed by atoms with E-state index in [2.05, 4.69) is 10.3 Å². The summed E-state index contributed by atoms with van der Waals surface area (Å²) in [4.78, 5) is 31.2. The van der Waals surface area contributed by atoms with Gasteiger partial charge in [0.2, 0.25) is 5.91 Å². The summed E-state index contributed by atoms with van der Waals surface area (Å²) in [6, 6.07) is 8.13. The van der Waals surface area contributed by atoms with Crippen LogP contribution in [0.25, 0.3) is 5.65 Å². The zero-order chi connectivity index (χ0) is 18.3. The second-order valence-electron chi connectivity index (χ2n) is 5.98. The van der Waals surface area contributed by atoms with Gasteiger partial charge in [0.15, 0.2) is 0 Å². The van der Waals surface area contributed by atoms with Crippen molar-refractivity contribution in [2.45, 2.75) is 6.04 Å². The molecule has 1 fully saturated rings. The molecule has 4 rings (SSSR count). The molecule has 1 aromatic carbocycles. The summed E-state index contributed by atoms with van der Waals surface area (Å²) in [6.45, 7) is 0.683. The van der Waals surface area contributed by atoms with Crippen LogP contribution in [0.1, 0.15) is 22.1 Å². The van der Waals surface area contributed by atoms with Crippen LogP contribution in [0.5, 0.6) is 0 Å². The summed E-state index contributed by atoms with van der Waals surface area (Å²) >= 11 is 5.96. The predicted molar refractivity (Wildman–Crippen MR) is 93.4 cm³/mol. The van der Waals surface area contributed by atoms with Crippen LogP contribution in [0.2, 0.25) is 5.02 Å². The molecule has 2 aromatic heterocycles. The van der Waals surface area contributed by atoms with E-state index in [4.69, 9.17) is 11.6 Å². The fourth-order valence-corrected chi connectivity index (χ4v) is 3.25. The Morgan fingerprint density at radius 1 is 1.19 bits per heavy atom. The van der Waals surface area contributed by atoms with Gasteiger partial charge in [-0.25, -0.2) is 9.37 Å². The molecule has 0 unspecified atom stereocenters. The lowest BCUT2D eigenvalue weighted by Crippen LogP contribution is -2.52. The van der Waals surface area contributed by atoms with Crippen molar-refractivity contribution in [3.63, 3.8) is 0 Å². The topological polar surface area (TPSA) is 66.7 Å². The minimum Gasteiger partial charge on any atom is -0.352 e. The molecule has 1 aliphatic heterocycles. The first-order valence-electron chi connectivity index (χ1n) is 8.01. The number of halogens is 2. The quantitative estimate of drug-likeness (QED) is 0.751. The molecule has 2 amide bonds. The third-order valence-corrected chi connectivity index (χ3v) is 4.52. The number of carbonyl (C=O) groups excluding carboxylic acids is 2. The molecule has 1 atom stereocenters. The van der Waals surface area contributed by atoms with Gasteiger partial charge in [-0.2, -0.15) is 0 Å². The van der Waals surface area contributed by atoms with E-state index in [0.717, 1.165) is 0 Å². The van der Waals surface area contributed by atoms with Crippen molar-refractivity contribution in [3.8, 4) is 0 Å². The fraction of sp³-hybridized carbons (Fsp3) is 0.167. The number of nitrogens with zero attached hydrogens (tertiary/aromatic N) is 3. The lowest BCUT2D eigenvalue weighted by atomic mass is 10.0. The van der Waals surface area contributed by atoms with Gasteiger partial charge in [-0.15, -0.1) is 0 Å². The molecule has 0 aliphatic carbocycles. The maximum Gasteiger partial charge on any atom is 0.275 e. The summed E-state index contributed by atoms with van der Waals surface area (Å²) in [5.41, 5.74) is 1.34. The Kier molecular flexibility index (Phi) is 4.08. The molecule has 1 saturated heterocycles. The van der Waals surface area contributed by atoms with Crippen LogP contribution in [0.15, 0.2) is 48.8 Å². The van der Waals surface area contributed by atoms with Gasteiger partial charge in [0.25, 0.3) is 5.91 Å². The van der Waals surface area contributed by atoms with Crippen LogP contribution in [-0.2, 0) is 4.79 Å². The molecule has 1 N–H and O–H groups in total. The molecule has 0 spiro atoms. The number of fused-ring (bicyclic) bond motifs is 1. The Labute approximate surface area is 153 Å². The lowest BCUT2D eigenvalue weighted by molar-refractivity contribution is -0.128. The van der Waals surface area contributed by atoms with Gasteiger partial charge in [-0.05, 0) is 29.8 Å². The molecule has 132 valence electrons. The molecule has 26 heavy (non-hydrogen) atoms. The van der Waals surface area contributed by atoms with E-state index in [1.807, 2.05) is 0 Å². The Hall–Kier alpha value is -2.93. The Morgan fingerprint density at radius 2 is 1.96 bits per heavy atom. The molecule has 6 nitrogen and oxygen atoms in total. The minimum absolute atomic E-state index is 0.217. The van der Waals surface area contributed by atoms with E-state index in [1.165, 1.54) is 29.2 Å². The highest BCUT2D eigenvalue weighted by Gasteiger charge is 2.35. The highest BCUT2D eigenvalue weighted by Crippen LogP contribution is 2.25. The molecule has 3 aromatic rings. The average Bonchev–Trinajstić information content (AvgIpc) is 3.05. The number of amides is 2. The van der Waals surface area contributed by atoms with Crippen molar-refractivity contribution >= 4 is 29.1 Å². The van der Waals surface area contributed by atoms with Crippen molar-refractivity contribution in [2.75, 3.05) is 13.1 Å². The normalized spacial score (nSPS) is 17.4. The number of piperazine rings is 1. The highest BCUT2D eigenvalue weighted by molar-refractivity contribution is 6.30. The summed E-state index contributed by atoms with van der Waals surface area (Å²) in [5.74, 6) is -1.07. The van der Waals surface area contributed by atoms with Crippen LogP contribution >= 0.6 is 11.6 Å². The van der Waals surface area contributed by atoms with E-state index in [0.29, 0.717) is 29.3 Å². The highest BCUT2D eigenvalue weighted by atomic mass is 35.5. The molecular formula is C18H14ClFN4O2. The summed E-state index contributed by atoms with van der Waals surface area (Å²) in [6.07, 6.45) is 3.23. The summed E-state index contributed by atoms with van der Waals surface area (Å²) in [7, 11) is 0. The van der Waals surface area contributed by atoms with Crippen LogP contribution in [0.3, 0.4) is 0 Å². The number of aromatic nitrogens is 2. The first kappa shape index (κ1) is 16.5. The van der Waals surface area contributed by atoms with Crippen LogP contribution in [0.4, 0.5) is 4.39 Å². The van der Waals surface area contributed by atoms with E-state index in [1.54, 1.807) is 28.9 Å². The van der Waals surface area contributed by atoms with Crippen molar-refractivity contribution < 1.29 is 14.0 Å². The lowest BCUT2D eigenvalue weighted by Gasteiger charge is -2.34. The van der Waals surface area contributed by atoms with E-state index >= 15 is 0 Å². The number of benzene rings is 1. The number of rotatable bonds is 2. The van der Waals surface area contributed by atoms with Crippen LogP contribution in [0, 0.1) is 5.82 Å². The molecule has 8 heteroatoms. The van der Waals surface area contributed by atoms with Gasteiger partial charge in [0.1, 0.15) is 23.2 Å². The number of carbonyl (C=O) groups is 2. The van der Waals surface area contributed by atoms with Crippen LogP contribution in [-0.4, -0.2) is 39.2 Å². The second-order valence-corrected chi connectivity index (χ2v) is 6.42. The number of hydrogen-bond acceptors (Lipinski definition) is 3. The second kappa shape index (κ2) is 6.42. The average molecular weight is 373 g/mol. The van der Waals surface area contributed by atoms with Crippen molar-refractivity contribution in [1.29, 1.82) is 0 Å². The van der Waals surface area contributed by atoms with Gasteiger partial charge in [0.05, 0.1) is 5.02 Å². The minimum atomic E-state index is -0.828. The number of hydrogen-bond donors (Lipinski definition) is 1. The molecule has 3 heterocycles. The molecule has 0 saturated carbocycles. The predicted octanol–water partition coefficient (Wildman–Crippen LogP) is 2.44. The van der Waals surface area contributed by atoms with E-state index in [-0.39, 0.29) is 17.5 Å². The van der Waals surface area contributed by atoms with Gasteiger partial charge in [-0.3, -0.25) is 9.59 Å². The SMILES string of the molecule is O=C1NCCN(C(=O)c2cn3cc(Cl)ccc3n2)[C@H]1c1ccc(F)cc1. The van der Waals surface area contributed by atoms with Gasteiger partial charge >= 0.3 is 0 Å². The summed E-state index contributed by atoms with van der Waals surface area (Å²) in [5, 5.41) is 3.27. The van der Waals surface area contributed by atoms with Gasteiger partial charge < -0.3 is 14.6 Å². The maximum absolute atomic E-state index is 13.2. The monoisotopic (exact) mass is 372 g/mol. The van der Waals surface area contributed by atoms with Crippen molar-refractivity contribution in [2.24, 2.45) is 0 Å². The van der Waals surface area contributed by atoms with Crippen molar-refractivity contribution in [3.05, 3.63) is 70.9 Å². The molecule has 1 aliphatic rings. The van der Waals surface area contributed by atoms with Gasteiger partial charge in [0, 0.05) is 25.5 Å². The Morgan fingerprint density at radius 3 is 2.73 bits per heavy atom. The maximum atomic E-state index is 13.2. The van der Waals surface area contributed by atoms with Crippen LogP contribution < -0.4 is 5.32 Å². The van der Waals surface area contributed by atoms with Gasteiger partial charge in [-0.1, -0.05) is 23.7 Å².